The first-order chi connectivity index (χ1) is 9.67. The first kappa shape index (κ1) is 16.1. The van der Waals surface area contributed by atoms with Gasteiger partial charge in [0.05, 0.1) is 13.2 Å². The standard InChI is InChI=1S/C14H21N3O3/c1-15-14(19)12-5-3-4-11(8-12)9-17-13(18)10-16-6-7-20-2/h3-5,8,16H,6-7,9-10H2,1-2H3,(H,15,19)(H,17,18). The van der Waals surface area contributed by atoms with E-state index in [-0.39, 0.29) is 18.4 Å². The number of carbonyl (C=O) groups is 2. The summed E-state index contributed by atoms with van der Waals surface area (Å²) in [5.41, 5.74) is 1.47. The fourth-order valence-electron chi connectivity index (χ4n) is 1.61. The average Bonchev–Trinajstić information content (AvgIpc) is 2.49. The Balaban J connectivity index is 2.37. The maximum Gasteiger partial charge on any atom is 0.251 e. The Labute approximate surface area is 118 Å². The summed E-state index contributed by atoms with van der Waals surface area (Å²) in [6.07, 6.45) is 0. The van der Waals surface area contributed by atoms with Crippen LogP contribution in [0.4, 0.5) is 0 Å². The number of rotatable bonds is 8. The molecule has 20 heavy (non-hydrogen) atoms. The van der Waals surface area contributed by atoms with E-state index < -0.39 is 0 Å². The molecule has 0 aliphatic heterocycles. The highest BCUT2D eigenvalue weighted by Crippen LogP contribution is 2.04. The maximum absolute atomic E-state index is 11.6. The SMILES string of the molecule is CNC(=O)c1cccc(CNC(=O)CNCCOC)c1. The largest absolute Gasteiger partial charge is 0.383 e. The molecule has 0 heterocycles. The van der Waals surface area contributed by atoms with Crippen molar-refractivity contribution in [3.05, 3.63) is 35.4 Å². The lowest BCUT2D eigenvalue weighted by Crippen LogP contribution is -2.34. The Morgan fingerprint density at radius 2 is 2.10 bits per heavy atom. The van der Waals surface area contributed by atoms with Gasteiger partial charge < -0.3 is 20.7 Å². The summed E-state index contributed by atoms with van der Waals surface area (Å²) >= 11 is 0. The molecule has 0 aromatic heterocycles. The van der Waals surface area contributed by atoms with Crippen LogP contribution >= 0.6 is 0 Å². The quantitative estimate of drug-likeness (QED) is 0.581. The molecule has 0 saturated carbocycles. The number of methoxy groups -OCH3 is 1. The van der Waals surface area contributed by atoms with E-state index >= 15 is 0 Å². The highest BCUT2D eigenvalue weighted by molar-refractivity contribution is 5.94. The van der Waals surface area contributed by atoms with Gasteiger partial charge in [0.1, 0.15) is 0 Å². The minimum absolute atomic E-state index is 0.0913. The van der Waals surface area contributed by atoms with E-state index in [2.05, 4.69) is 16.0 Å². The summed E-state index contributed by atoms with van der Waals surface area (Å²) in [6.45, 7) is 1.85. The molecule has 0 aliphatic carbocycles. The van der Waals surface area contributed by atoms with Crippen molar-refractivity contribution in [2.75, 3.05) is 33.9 Å². The van der Waals surface area contributed by atoms with E-state index in [4.69, 9.17) is 4.74 Å². The van der Waals surface area contributed by atoms with Crippen molar-refractivity contribution in [1.82, 2.24) is 16.0 Å². The molecule has 1 rings (SSSR count). The molecule has 0 spiro atoms. The molecule has 0 radical (unpaired) electrons. The second-order valence-electron chi connectivity index (χ2n) is 4.23. The number of hydrogen-bond acceptors (Lipinski definition) is 4. The van der Waals surface area contributed by atoms with Crippen molar-refractivity contribution in [2.24, 2.45) is 0 Å². The first-order valence-electron chi connectivity index (χ1n) is 6.44. The summed E-state index contributed by atoms with van der Waals surface area (Å²) in [5, 5.41) is 8.31. The number of hydrogen-bond donors (Lipinski definition) is 3. The molecule has 0 saturated heterocycles. The number of ether oxygens (including phenoxy) is 1. The molecule has 1 aromatic carbocycles. The van der Waals surface area contributed by atoms with E-state index in [1.807, 2.05) is 6.07 Å². The highest BCUT2D eigenvalue weighted by atomic mass is 16.5. The third kappa shape index (κ3) is 5.81. The van der Waals surface area contributed by atoms with Gasteiger partial charge in [-0.1, -0.05) is 12.1 Å². The van der Waals surface area contributed by atoms with E-state index in [0.29, 0.717) is 25.3 Å². The van der Waals surface area contributed by atoms with Gasteiger partial charge in [0, 0.05) is 32.8 Å². The van der Waals surface area contributed by atoms with Gasteiger partial charge >= 0.3 is 0 Å². The predicted octanol–water partition coefficient (Wildman–Crippen LogP) is -0.102. The Hall–Kier alpha value is -1.92. The first-order valence-corrected chi connectivity index (χ1v) is 6.44. The highest BCUT2D eigenvalue weighted by Gasteiger charge is 2.05. The van der Waals surface area contributed by atoms with Gasteiger partial charge in [0.25, 0.3) is 5.91 Å². The zero-order valence-corrected chi connectivity index (χ0v) is 11.9. The molecule has 6 heteroatoms. The summed E-state index contributed by atoms with van der Waals surface area (Å²) in [7, 11) is 3.20. The number of nitrogens with one attached hydrogen (secondary N) is 3. The van der Waals surface area contributed by atoms with Crippen LogP contribution in [-0.4, -0.2) is 45.7 Å². The molecule has 0 atom stereocenters. The Kier molecular flexibility index (Phi) is 7.31. The molecule has 1 aromatic rings. The lowest BCUT2D eigenvalue weighted by molar-refractivity contribution is -0.120. The van der Waals surface area contributed by atoms with Gasteiger partial charge in [-0.05, 0) is 17.7 Å². The number of carbonyl (C=O) groups excluding carboxylic acids is 2. The number of amides is 2. The third-order valence-corrected chi connectivity index (χ3v) is 2.67. The number of benzene rings is 1. The van der Waals surface area contributed by atoms with Crippen molar-refractivity contribution in [3.63, 3.8) is 0 Å². The van der Waals surface area contributed by atoms with Gasteiger partial charge in [-0.25, -0.2) is 0 Å². The van der Waals surface area contributed by atoms with Crippen molar-refractivity contribution in [1.29, 1.82) is 0 Å². The lowest BCUT2D eigenvalue weighted by Gasteiger charge is -2.08. The second-order valence-corrected chi connectivity index (χ2v) is 4.23. The topological polar surface area (TPSA) is 79.5 Å². The molecule has 0 fully saturated rings. The van der Waals surface area contributed by atoms with Crippen molar-refractivity contribution < 1.29 is 14.3 Å². The third-order valence-electron chi connectivity index (χ3n) is 2.67. The minimum Gasteiger partial charge on any atom is -0.383 e. The van der Waals surface area contributed by atoms with Crippen LogP contribution < -0.4 is 16.0 Å². The van der Waals surface area contributed by atoms with Crippen LogP contribution in [0.15, 0.2) is 24.3 Å². The zero-order valence-electron chi connectivity index (χ0n) is 11.9. The van der Waals surface area contributed by atoms with Crippen LogP contribution in [0.3, 0.4) is 0 Å². The van der Waals surface area contributed by atoms with E-state index in [9.17, 15) is 9.59 Å². The van der Waals surface area contributed by atoms with Gasteiger partial charge in [-0.2, -0.15) is 0 Å². The van der Waals surface area contributed by atoms with Crippen LogP contribution in [0.5, 0.6) is 0 Å². The Morgan fingerprint density at radius 3 is 2.80 bits per heavy atom. The molecule has 110 valence electrons. The average molecular weight is 279 g/mol. The summed E-state index contributed by atoms with van der Waals surface area (Å²) < 4.78 is 4.87. The minimum atomic E-state index is -0.139. The van der Waals surface area contributed by atoms with Crippen LogP contribution in [0.2, 0.25) is 0 Å². The van der Waals surface area contributed by atoms with Gasteiger partial charge in [-0.3, -0.25) is 9.59 Å². The van der Waals surface area contributed by atoms with E-state index in [1.54, 1.807) is 32.4 Å². The summed E-state index contributed by atoms with van der Waals surface area (Å²) in [6, 6.07) is 7.15. The van der Waals surface area contributed by atoms with Crippen LogP contribution in [0, 0.1) is 0 Å². The van der Waals surface area contributed by atoms with Crippen LogP contribution in [-0.2, 0) is 16.1 Å². The van der Waals surface area contributed by atoms with Crippen molar-refractivity contribution in [2.45, 2.75) is 6.54 Å². The molecule has 3 N–H and O–H groups in total. The second kappa shape index (κ2) is 9.06. The normalized spacial score (nSPS) is 10.1. The molecular weight excluding hydrogens is 258 g/mol. The van der Waals surface area contributed by atoms with Gasteiger partial charge in [0.15, 0.2) is 0 Å². The van der Waals surface area contributed by atoms with Crippen LogP contribution in [0.25, 0.3) is 0 Å². The van der Waals surface area contributed by atoms with Crippen LogP contribution in [0.1, 0.15) is 15.9 Å². The monoisotopic (exact) mass is 279 g/mol. The Bertz CT molecular complexity index is 449. The van der Waals surface area contributed by atoms with Gasteiger partial charge in [-0.15, -0.1) is 0 Å². The fraction of sp³-hybridized carbons (Fsp3) is 0.429. The predicted molar refractivity (Wildman–Crippen MR) is 76.4 cm³/mol. The lowest BCUT2D eigenvalue weighted by atomic mass is 10.1. The van der Waals surface area contributed by atoms with E-state index in [1.165, 1.54) is 0 Å². The molecular formula is C14H21N3O3. The fourth-order valence-corrected chi connectivity index (χ4v) is 1.61. The zero-order chi connectivity index (χ0) is 14.8. The molecule has 0 aliphatic rings. The van der Waals surface area contributed by atoms with E-state index in [0.717, 1.165) is 5.56 Å². The molecule has 2 amide bonds. The summed E-state index contributed by atoms with van der Waals surface area (Å²) in [5.74, 6) is -0.231. The molecule has 6 nitrogen and oxygen atoms in total. The smallest absolute Gasteiger partial charge is 0.251 e. The maximum atomic E-state index is 11.6. The van der Waals surface area contributed by atoms with Crippen molar-refractivity contribution >= 4 is 11.8 Å². The van der Waals surface area contributed by atoms with Crippen molar-refractivity contribution in [3.8, 4) is 0 Å². The Morgan fingerprint density at radius 1 is 1.30 bits per heavy atom. The molecule has 0 bridgehead atoms. The summed E-state index contributed by atoms with van der Waals surface area (Å²) in [4.78, 5) is 23.0. The van der Waals surface area contributed by atoms with Gasteiger partial charge in [0.2, 0.25) is 5.91 Å². The molecule has 0 unspecified atom stereocenters.